The summed E-state index contributed by atoms with van der Waals surface area (Å²) in [4.78, 5) is 11.9. The van der Waals surface area contributed by atoms with Crippen molar-refractivity contribution in [1.82, 2.24) is 10.9 Å². The Labute approximate surface area is 127 Å². The van der Waals surface area contributed by atoms with Crippen molar-refractivity contribution in [2.45, 2.75) is 6.92 Å². The van der Waals surface area contributed by atoms with Crippen LogP contribution in [0.1, 0.15) is 15.9 Å². The van der Waals surface area contributed by atoms with Crippen molar-refractivity contribution in [3.63, 3.8) is 0 Å². The molecule has 2 aromatic rings. The van der Waals surface area contributed by atoms with Gasteiger partial charge in [0.15, 0.2) is 5.11 Å². The third kappa shape index (κ3) is 4.54. The van der Waals surface area contributed by atoms with Gasteiger partial charge in [0.25, 0.3) is 5.91 Å². The Kier molecular flexibility index (Phi) is 4.84. The van der Waals surface area contributed by atoms with E-state index in [1.165, 1.54) is 12.1 Å². The van der Waals surface area contributed by atoms with Crippen LogP contribution in [0.3, 0.4) is 0 Å². The molecule has 21 heavy (non-hydrogen) atoms. The molecule has 0 bridgehead atoms. The van der Waals surface area contributed by atoms with E-state index < -0.39 is 0 Å². The predicted octanol–water partition coefficient (Wildman–Crippen LogP) is 2.77. The third-order valence-corrected chi connectivity index (χ3v) is 2.88. The maximum atomic E-state index is 12.8. The van der Waals surface area contributed by atoms with Crippen molar-refractivity contribution in [3.8, 4) is 0 Å². The number of hydrazine groups is 1. The fraction of sp³-hybridized carbons (Fsp3) is 0.0667. The number of rotatable bonds is 2. The van der Waals surface area contributed by atoms with Gasteiger partial charge in [-0.05, 0) is 55.5 Å². The Morgan fingerprint density at radius 2 is 1.81 bits per heavy atom. The van der Waals surface area contributed by atoms with Crippen molar-refractivity contribution in [2.24, 2.45) is 0 Å². The minimum Gasteiger partial charge on any atom is -0.331 e. The molecule has 0 aliphatic carbocycles. The summed E-state index contributed by atoms with van der Waals surface area (Å²) >= 11 is 5.03. The summed E-state index contributed by atoms with van der Waals surface area (Å²) in [6, 6.07) is 12.9. The zero-order valence-electron chi connectivity index (χ0n) is 11.3. The number of carbonyl (C=O) groups excluding carboxylic acids is 1. The third-order valence-electron chi connectivity index (χ3n) is 2.67. The lowest BCUT2D eigenvalue weighted by molar-refractivity contribution is 0.0944. The second kappa shape index (κ2) is 6.81. The number of hydrogen-bond donors (Lipinski definition) is 3. The average Bonchev–Trinajstić information content (AvgIpc) is 2.47. The highest BCUT2D eigenvalue weighted by Gasteiger charge is 2.05. The van der Waals surface area contributed by atoms with Crippen LogP contribution < -0.4 is 16.2 Å². The van der Waals surface area contributed by atoms with Crippen LogP contribution in [-0.2, 0) is 0 Å². The highest BCUT2D eigenvalue weighted by atomic mass is 32.1. The van der Waals surface area contributed by atoms with E-state index in [4.69, 9.17) is 12.2 Å². The van der Waals surface area contributed by atoms with Gasteiger partial charge in [0.2, 0.25) is 0 Å². The van der Waals surface area contributed by atoms with Crippen molar-refractivity contribution in [2.75, 3.05) is 5.32 Å². The van der Waals surface area contributed by atoms with Crippen LogP contribution >= 0.6 is 12.2 Å². The van der Waals surface area contributed by atoms with Gasteiger partial charge in [-0.15, -0.1) is 0 Å². The van der Waals surface area contributed by atoms with E-state index in [-0.39, 0.29) is 16.8 Å². The fourth-order valence-electron chi connectivity index (χ4n) is 1.67. The maximum absolute atomic E-state index is 12.8. The molecule has 2 aromatic carbocycles. The molecule has 6 heteroatoms. The van der Waals surface area contributed by atoms with E-state index >= 15 is 0 Å². The fourth-order valence-corrected chi connectivity index (χ4v) is 1.84. The minimum atomic E-state index is -0.327. The predicted molar refractivity (Wildman–Crippen MR) is 84.4 cm³/mol. The molecule has 0 aliphatic heterocycles. The van der Waals surface area contributed by atoms with Crippen molar-refractivity contribution >= 4 is 28.9 Å². The second-order valence-electron chi connectivity index (χ2n) is 4.41. The summed E-state index contributed by atoms with van der Waals surface area (Å²) in [6.07, 6.45) is 0. The van der Waals surface area contributed by atoms with E-state index in [2.05, 4.69) is 16.2 Å². The normalized spacial score (nSPS) is 9.81. The Morgan fingerprint density at radius 1 is 1.10 bits per heavy atom. The van der Waals surface area contributed by atoms with Gasteiger partial charge in [-0.1, -0.05) is 17.7 Å². The summed E-state index contributed by atoms with van der Waals surface area (Å²) in [5.41, 5.74) is 7.23. The van der Waals surface area contributed by atoms with Gasteiger partial charge >= 0.3 is 0 Å². The SMILES string of the molecule is Cc1cccc(C(=O)NNC(=S)Nc2ccc(F)cc2)c1. The number of nitrogens with one attached hydrogen (secondary N) is 3. The van der Waals surface area contributed by atoms with E-state index in [0.29, 0.717) is 11.3 Å². The van der Waals surface area contributed by atoms with Crippen LogP contribution in [0.5, 0.6) is 0 Å². The highest BCUT2D eigenvalue weighted by molar-refractivity contribution is 7.80. The van der Waals surface area contributed by atoms with Crippen LogP contribution in [0.15, 0.2) is 48.5 Å². The van der Waals surface area contributed by atoms with Gasteiger partial charge < -0.3 is 5.32 Å². The number of thiocarbonyl (C=S) groups is 1. The quantitative estimate of drug-likeness (QED) is 0.590. The molecule has 0 aliphatic rings. The largest absolute Gasteiger partial charge is 0.331 e. The molecule has 0 fully saturated rings. The maximum Gasteiger partial charge on any atom is 0.269 e. The monoisotopic (exact) mass is 303 g/mol. The summed E-state index contributed by atoms with van der Waals surface area (Å²) < 4.78 is 12.8. The van der Waals surface area contributed by atoms with Gasteiger partial charge in [0.05, 0.1) is 0 Å². The van der Waals surface area contributed by atoms with Crippen LogP contribution in [0, 0.1) is 12.7 Å². The molecule has 4 nitrogen and oxygen atoms in total. The van der Waals surface area contributed by atoms with E-state index in [9.17, 15) is 9.18 Å². The molecule has 0 heterocycles. The molecule has 1 amide bonds. The number of halogens is 1. The molecule has 0 saturated heterocycles. The lowest BCUT2D eigenvalue weighted by Crippen LogP contribution is -2.43. The van der Waals surface area contributed by atoms with E-state index in [1.807, 2.05) is 13.0 Å². The first-order chi connectivity index (χ1) is 10.0. The van der Waals surface area contributed by atoms with Crippen LogP contribution in [-0.4, -0.2) is 11.0 Å². The second-order valence-corrected chi connectivity index (χ2v) is 4.82. The van der Waals surface area contributed by atoms with Crippen molar-refractivity contribution < 1.29 is 9.18 Å². The van der Waals surface area contributed by atoms with Crippen LogP contribution in [0.4, 0.5) is 10.1 Å². The Bertz CT molecular complexity index is 658. The number of amides is 1. The summed E-state index contributed by atoms with van der Waals surface area (Å²) in [5.74, 6) is -0.617. The standard InChI is InChI=1S/C15H14FN3OS/c1-10-3-2-4-11(9-10)14(20)18-19-15(21)17-13-7-5-12(16)6-8-13/h2-9H,1H3,(H,18,20)(H2,17,19,21). The number of hydrogen-bond acceptors (Lipinski definition) is 2. The van der Waals surface area contributed by atoms with Crippen LogP contribution in [0.2, 0.25) is 0 Å². The Morgan fingerprint density at radius 3 is 2.48 bits per heavy atom. The topological polar surface area (TPSA) is 53.2 Å². The first kappa shape index (κ1) is 14.9. The molecule has 0 saturated carbocycles. The number of benzene rings is 2. The average molecular weight is 303 g/mol. The molecular formula is C15H14FN3OS. The molecule has 0 atom stereocenters. The molecule has 3 N–H and O–H groups in total. The summed E-state index contributed by atoms with van der Waals surface area (Å²) in [7, 11) is 0. The zero-order chi connectivity index (χ0) is 15.2. The van der Waals surface area contributed by atoms with Crippen molar-refractivity contribution in [3.05, 3.63) is 65.5 Å². The summed E-state index contributed by atoms with van der Waals surface area (Å²) in [6.45, 7) is 1.91. The van der Waals surface area contributed by atoms with Gasteiger partial charge in [0, 0.05) is 11.3 Å². The molecule has 0 aromatic heterocycles. The Hall–Kier alpha value is -2.47. The molecule has 108 valence electrons. The van der Waals surface area contributed by atoms with Crippen molar-refractivity contribution in [1.29, 1.82) is 0 Å². The Balaban J connectivity index is 1.86. The molecule has 2 rings (SSSR count). The zero-order valence-corrected chi connectivity index (χ0v) is 12.1. The van der Waals surface area contributed by atoms with E-state index in [1.54, 1.807) is 30.3 Å². The summed E-state index contributed by atoms with van der Waals surface area (Å²) in [5, 5.41) is 3.04. The van der Waals surface area contributed by atoms with Gasteiger partial charge in [-0.25, -0.2) is 4.39 Å². The first-order valence-electron chi connectivity index (χ1n) is 6.24. The van der Waals surface area contributed by atoms with Gasteiger partial charge in [-0.2, -0.15) is 0 Å². The van der Waals surface area contributed by atoms with Gasteiger partial charge in [0.1, 0.15) is 5.82 Å². The smallest absolute Gasteiger partial charge is 0.269 e. The minimum absolute atomic E-state index is 0.211. The lowest BCUT2D eigenvalue weighted by Gasteiger charge is -2.11. The highest BCUT2D eigenvalue weighted by Crippen LogP contribution is 2.07. The van der Waals surface area contributed by atoms with Gasteiger partial charge in [-0.3, -0.25) is 15.6 Å². The molecular weight excluding hydrogens is 289 g/mol. The number of anilines is 1. The molecule has 0 radical (unpaired) electrons. The lowest BCUT2D eigenvalue weighted by atomic mass is 10.1. The first-order valence-corrected chi connectivity index (χ1v) is 6.65. The van der Waals surface area contributed by atoms with Crippen LogP contribution in [0.25, 0.3) is 0 Å². The van der Waals surface area contributed by atoms with E-state index in [0.717, 1.165) is 5.56 Å². The molecule has 0 spiro atoms. The molecule has 0 unspecified atom stereocenters. The number of aryl methyl sites for hydroxylation is 1. The number of carbonyl (C=O) groups is 1.